The molecule has 0 aromatic heterocycles. The number of allylic oxidation sites excluding steroid dienone is 4. The number of benzene rings is 1. The monoisotopic (exact) mass is 438 g/mol. The third kappa shape index (κ3) is 5.12. The summed E-state index contributed by atoms with van der Waals surface area (Å²) in [7, 11) is 2.13. The van der Waals surface area contributed by atoms with Gasteiger partial charge in [0.2, 0.25) is 0 Å². The molecule has 168 valence electrons. The molecular weight excluding hydrogens is 400 g/mol. The molecule has 1 N–H and O–H groups in total. The van der Waals surface area contributed by atoms with Gasteiger partial charge in [0.1, 0.15) is 0 Å². The standard InChI is InChI=1S/C28H39ClN2/c1-6-22-14-21-13-19(2)9-7-8-10-24-17-25(30-24)16-23-18-28(23,4)12-11-20(3)31(5)26(15-21)27(22)29/h7-9,14-15,23-25,30H,3,6,10-13,16-18H2,1-2,4-5H3/b8-7+,19-9+. The molecule has 5 rings (SSSR count). The van der Waals surface area contributed by atoms with Gasteiger partial charge in [-0.2, -0.15) is 0 Å². The van der Waals surface area contributed by atoms with Crippen LogP contribution in [0.15, 0.2) is 48.2 Å². The van der Waals surface area contributed by atoms with Crippen LogP contribution >= 0.6 is 11.6 Å². The van der Waals surface area contributed by atoms with Crippen molar-refractivity contribution in [1.29, 1.82) is 0 Å². The Balaban J connectivity index is 1.59. The van der Waals surface area contributed by atoms with E-state index in [-0.39, 0.29) is 0 Å². The lowest BCUT2D eigenvalue weighted by Gasteiger charge is -2.37. The molecule has 4 bridgehead atoms. The van der Waals surface area contributed by atoms with Gasteiger partial charge < -0.3 is 10.2 Å². The second-order valence-corrected chi connectivity index (χ2v) is 10.9. The molecule has 3 aliphatic heterocycles. The van der Waals surface area contributed by atoms with E-state index in [2.05, 4.69) is 75.0 Å². The number of hydrogen-bond acceptors (Lipinski definition) is 2. The molecule has 1 saturated heterocycles. The van der Waals surface area contributed by atoms with E-state index in [0.29, 0.717) is 11.5 Å². The first-order valence-electron chi connectivity index (χ1n) is 12.1. The molecule has 1 aromatic rings. The Morgan fingerprint density at radius 1 is 1.26 bits per heavy atom. The quantitative estimate of drug-likeness (QED) is 0.497. The highest BCUT2D eigenvalue weighted by atomic mass is 35.5. The molecule has 4 unspecified atom stereocenters. The molecule has 1 aromatic carbocycles. The lowest BCUT2D eigenvalue weighted by molar-refractivity contribution is 0.234. The van der Waals surface area contributed by atoms with Crippen LogP contribution in [0.5, 0.6) is 0 Å². The third-order valence-electron chi connectivity index (χ3n) is 7.96. The van der Waals surface area contributed by atoms with E-state index in [4.69, 9.17) is 11.6 Å². The number of aryl methyl sites for hydroxylation is 1. The minimum atomic E-state index is 0.487. The van der Waals surface area contributed by atoms with Gasteiger partial charge in [0, 0.05) is 24.8 Å². The summed E-state index contributed by atoms with van der Waals surface area (Å²) < 4.78 is 0. The number of anilines is 1. The van der Waals surface area contributed by atoms with Crippen molar-refractivity contribution in [1.82, 2.24) is 5.32 Å². The maximum Gasteiger partial charge on any atom is 0.0674 e. The van der Waals surface area contributed by atoms with Crippen LogP contribution in [0.3, 0.4) is 0 Å². The zero-order chi connectivity index (χ0) is 22.2. The van der Waals surface area contributed by atoms with Crippen molar-refractivity contribution in [2.24, 2.45) is 11.3 Å². The summed E-state index contributed by atoms with van der Waals surface area (Å²) in [6, 6.07) is 5.94. The predicted molar refractivity (Wildman–Crippen MR) is 135 cm³/mol. The largest absolute Gasteiger partial charge is 0.348 e. The summed E-state index contributed by atoms with van der Waals surface area (Å²) >= 11 is 6.84. The van der Waals surface area contributed by atoms with Crippen molar-refractivity contribution < 1.29 is 0 Å². The van der Waals surface area contributed by atoms with Crippen LogP contribution in [0.25, 0.3) is 0 Å². The Morgan fingerprint density at radius 3 is 2.77 bits per heavy atom. The summed E-state index contributed by atoms with van der Waals surface area (Å²) in [6.45, 7) is 11.3. The first kappa shape index (κ1) is 22.7. The Labute approximate surface area is 194 Å². The predicted octanol–water partition coefficient (Wildman–Crippen LogP) is 7.23. The van der Waals surface area contributed by atoms with E-state index in [1.807, 2.05) is 0 Å². The van der Waals surface area contributed by atoms with Crippen LogP contribution in [-0.4, -0.2) is 19.1 Å². The summed E-state index contributed by atoms with van der Waals surface area (Å²) in [6.07, 6.45) is 16.2. The van der Waals surface area contributed by atoms with Crippen LogP contribution in [0, 0.1) is 11.3 Å². The van der Waals surface area contributed by atoms with Crippen LogP contribution in [-0.2, 0) is 12.8 Å². The average molecular weight is 439 g/mol. The van der Waals surface area contributed by atoms with Gasteiger partial charge in [0.25, 0.3) is 0 Å². The van der Waals surface area contributed by atoms with Gasteiger partial charge in [-0.05, 0) is 86.8 Å². The maximum absolute atomic E-state index is 6.84. The van der Waals surface area contributed by atoms with Crippen LogP contribution in [0.4, 0.5) is 5.69 Å². The highest BCUT2D eigenvalue weighted by molar-refractivity contribution is 6.34. The summed E-state index contributed by atoms with van der Waals surface area (Å²) in [5.74, 6) is 0.867. The molecule has 4 atom stereocenters. The van der Waals surface area contributed by atoms with E-state index in [9.17, 15) is 0 Å². The normalized spacial score (nSPS) is 34.4. The zero-order valence-corrected chi connectivity index (χ0v) is 20.6. The third-order valence-corrected chi connectivity index (χ3v) is 8.39. The molecule has 4 aliphatic rings. The van der Waals surface area contributed by atoms with Gasteiger partial charge in [-0.15, -0.1) is 0 Å². The van der Waals surface area contributed by atoms with E-state index in [1.54, 1.807) is 0 Å². The van der Waals surface area contributed by atoms with E-state index in [1.165, 1.54) is 48.1 Å². The number of fused-ring (bicyclic) bond motifs is 6. The second kappa shape index (κ2) is 9.16. The lowest BCUT2D eigenvalue weighted by atomic mass is 9.87. The second-order valence-electron chi connectivity index (χ2n) is 10.5. The van der Waals surface area contributed by atoms with Crippen molar-refractivity contribution >= 4 is 17.3 Å². The van der Waals surface area contributed by atoms with Gasteiger partial charge in [-0.3, -0.25) is 0 Å². The van der Waals surface area contributed by atoms with Crippen molar-refractivity contribution in [3.05, 3.63) is 64.4 Å². The summed E-state index contributed by atoms with van der Waals surface area (Å²) in [5.41, 5.74) is 6.68. The average Bonchev–Trinajstić information content (AvgIpc) is 3.36. The zero-order valence-electron chi connectivity index (χ0n) is 19.8. The first-order chi connectivity index (χ1) is 14.8. The minimum Gasteiger partial charge on any atom is -0.348 e. The molecule has 1 saturated carbocycles. The number of rotatable bonds is 1. The van der Waals surface area contributed by atoms with E-state index in [0.717, 1.165) is 48.4 Å². The van der Waals surface area contributed by atoms with Crippen molar-refractivity contribution in [3.63, 3.8) is 0 Å². The highest BCUT2D eigenvalue weighted by Crippen LogP contribution is 2.58. The van der Waals surface area contributed by atoms with Gasteiger partial charge in [0.15, 0.2) is 0 Å². The fraction of sp³-hybridized carbons (Fsp3) is 0.571. The maximum atomic E-state index is 6.84. The number of nitrogens with zero attached hydrogens (tertiary/aromatic N) is 1. The Bertz CT molecular complexity index is 893. The number of hydrogen-bond donors (Lipinski definition) is 1. The topological polar surface area (TPSA) is 15.3 Å². The van der Waals surface area contributed by atoms with Crippen molar-refractivity contribution in [2.75, 3.05) is 11.9 Å². The molecule has 2 nitrogen and oxygen atoms in total. The molecular formula is C28H39ClN2. The Morgan fingerprint density at radius 2 is 2.03 bits per heavy atom. The molecule has 3 heteroatoms. The van der Waals surface area contributed by atoms with E-state index >= 15 is 0 Å². The molecule has 0 amide bonds. The Kier molecular flexibility index (Phi) is 6.70. The number of halogens is 1. The molecule has 2 fully saturated rings. The van der Waals surface area contributed by atoms with Gasteiger partial charge in [0.05, 0.1) is 10.7 Å². The minimum absolute atomic E-state index is 0.487. The molecule has 31 heavy (non-hydrogen) atoms. The molecule has 1 aliphatic carbocycles. The SMILES string of the molecule is C=C1CCC2(C)CC2CC2CC(C/C=C/C=C(\C)Cc3cc(CC)c(Cl)c(c3)N1C)N2. The van der Waals surface area contributed by atoms with Crippen LogP contribution in [0.1, 0.15) is 70.4 Å². The van der Waals surface area contributed by atoms with Crippen molar-refractivity contribution in [3.8, 4) is 0 Å². The van der Waals surface area contributed by atoms with Gasteiger partial charge >= 0.3 is 0 Å². The molecule has 0 radical (unpaired) electrons. The fourth-order valence-corrected chi connectivity index (χ4v) is 5.83. The summed E-state index contributed by atoms with van der Waals surface area (Å²) in [4.78, 5) is 2.23. The summed E-state index contributed by atoms with van der Waals surface area (Å²) in [5, 5.41) is 4.68. The first-order valence-corrected chi connectivity index (χ1v) is 12.5. The van der Waals surface area contributed by atoms with Crippen LogP contribution < -0.4 is 10.2 Å². The lowest BCUT2D eigenvalue weighted by Crippen LogP contribution is -2.52. The van der Waals surface area contributed by atoms with E-state index < -0.39 is 0 Å². The highest BCUT2D eigenvalue weighted by Gasteiger charge is 2.50. The number of nitrogens with one attached hydrogen (secondary N) is 1. The smallest absolute Gasteiger partial charge is 0.0674 e. The Hall–Kier alpha value is -1.51. The molecule has 0 spiro atoms. The fourth-order valence-electron chi connectivity index (χ4n) is 5.46. The van der Waals surface area contributed by atoms with Crippen LogP contribution in [0.2, 0.25) is 5.02 Å². The molecule has 3 heterocycles. The van der Waals surface area contributed by atoms with Crippen molar-refractivity contribution in [2.45, 2.75) is 84.2 Å². The van der Waals surface area contributed by atoms with Gasteiger partial charge in [-0.1, -0.05) is 61.9 Å². The van der Waals surface area contributed by atoms with Gasteiger partial charge in [-0.25, -0.2) is 0 Å².